The van der Waals surface area contributed by atoms with Gasteiger partial charge in [0, 0.05) is 42.4 Å². The second-order valence-corrected chi connectivity index (χ2v) is 9.71. The number of benzene rings is 1. The highest BCUT2D eigenvalue weighted by atomic mass is 16.3. The van der Waals surface area contributed by atoms with Gasteiger partial charge in [0.2, 0.25) is 5.91 Å². The Labute approximate surface area is 187 Å². The van der Waals surface area contributed by atoms with E-state index in [2.05, 4.69) is 28.8 Å². The maximum absolute atomic E-state index is 13.5. The minimum atomic E-state index is -0.390. The second-order valence-electron chi connectivity index (χ2n) is 9.71. The molecule has 1 aromatic heterocycles. The van der Waals surface area contributed by atoms with Crippen molar-refractivity contribution < 1.29 is 9.90 Å². The Hall–Kier alpha value is -2.70. The number of hydrogen-bond acceptors (Lipinski definition) is 4. The van der Waals surface area contributed by atoms with Crippen molar-refractivity contribution >= 4 is 11.5 Å². The number of allylic oxidation sites excluding steroid dienone is 2. The molecule has 0 radical (unpaired) electrons. The summed E-state index contributed by atoms with van der Waals surface area (Å²) in [5.74, 6) is -0.624. The minimum Gasteiger partial charge on any atom is -0.396 e. The number of hydrogen-bond donors (Lipinski definition) is 3. The van der Waals surface area contributed by atoms with Crippen LogP contribution in [0.5, 0.6) is 0 Å². The van der Waals surface area contributed by atoms with Crippen LogP contribution in [0.4, 0.5) is 0 Å². The molecule has 0 spiro atoms. The molecule has 6 nitrogen and oxygen atoms in total. The van der Waals surface area contributed by atoms with Crippen molar-refractivity contribution in [2.24, 2.45) is 11.8 Å². The first-order chi connectivity index (χ1) is 15.6. The number of amides is 1. The van der Waals surface area contributed by atoms with Crippen molar-refractivity contribution in [1.82, 2.24) is 15.2 Å². The first-order valence-electron chi connectivity index (χ1n) is 11.8. The monoisotopic (exact) mass is 431 g/mol. The summed E-state index contributed by atoms with van der Waals surface area (Å²) in [6, 6.07) is 12.0. The van der Waals surface area contributed by atoms with Gasteiger partial charge in [0.15, 0.2) is 0 Å². The van der Waals surface area contributed by atoms with E-state index in [0.717, 1.165) is 48.9 Å². The summed E-state index contributed by atoms with van der Waals surface area (Å²) in [4.78, 5) is 26.8. The number of aromatic nitrogens is 1. The Balaban J connectivity index is 1.28. The lowest BCUT2D eigenvalue weighted by molar-refractivity contribution is -0.127. The van der Waals surface area contributed by atoms with E-state index in [9.17, 15) is 14.7 Å². The van der Waals surface area contributed by atoms with Crippen molar-refractivity contribution in [1.29, 1.82) is 0 Å². The highest BCUT2D eigenvalue weighted by Gasteiger charge is 2.51. The zero-order valence-corrected chi connectivity index (χ0v) is 18.1. The topological polar surface area (TPSA) is 83.4 Å². The van der Waals surface area contributed by atoms with Crippen LogP contribution in [0.25, 0.3) is 5.57 Å². The van der Waals surface area contributed by atoms with Crippen molar-refractivity contribution in [3.8, 4) is 0 Å². The summed E-state index contributed by atoms with van der Waals surface area (Å²) < 4.78 is 1.85. The quantitative estimate of drug-likeness (QED) is 0.691. The number of nitrogens with zero attached hydrogens (tertiary/aromatic N) is 1. The number of carbonyl (C=O) groups is 1. The molecule has 1 saturated heterocycles. The maximum Gasteiger partial charge on any atom is 0.258 e. The summed E-state index contributed by atoms with van der Waals surface area (Å²) in [7, 11) is 0. The number of rotatable bonds is 4. The van der Waals surface area contributed by atoms with Gasteiger partial charge in [0.25, 0.3) is 5.56 Å². The molecule has 0 saturated carbocycles. The maximum atomic E-state index is 13.5. The summed E-state index contributed by atoms with van der Waals surface area (Å²) in [5.41, 5.74) is 5.43. The molecule has 3 N–H and O–H groups in total. The number of fused-ring (bicyclic) bond motifs is 5. The van der Waals surface area contributed by atoms with Gasteiger partial charge in [-0.3, -0.25) is 9.59 Å². The van der Waals surface area contributed by atoms with Gasteiger partial charge in [0.05, 0.1) is 12.0 Å². The molecule has 4 aliphatic rings. The van der Waals surface area contributed by atoms with Crippen molar-refractivity contribution in [2.45, 2.75) is 56.8 Å². The van der Waals surface area contributed by atoms with Crippen LogP contribution in [0.1, 0.15) is 47.7 Å². The van der Waals surface area contributed by atoms with E-state index in [1.807, 2.05) is 28.8 Å². The first kappa shape index (κ1) is 19.9. The number of nitrogens with one attached hydrogen (secondary N) is 2. The van der Waals surface area contributed by atoms with Gasteiger partial charge in [-0.1, -0.05) is 30.3 Å². The van der Waals surface area contributed by atoms with Gasteiger partial charge in [0.1, 0.15) is 0 Å². The van der Waals surface area contributed by atoms with Crippen LogP contribution in [0.2, 0.25) is 0 Å². The number of aliphatic hydroxyl groups is 1. The highest BCUT2D eigenvalue weighted by molar-refractivity contribution is 5.81. The zero-order chi connectivity index (χ0) is 21.8. The number of carbonyl (C=O) groups excluding carboxylic acids is 1. The third-order valence-corrected chi connectivity index (χ3v) is 7.93. The third-order valence-electron chi connectivity index (χ3n) is 7.93. The van der Waals surface area contributed by atoms with Crippen molar-refractivity contribution in [3.05, 3.63) is 75.2 Å². The van der Waals surface area contributed by atoms with E-state index < -0.39 is 5.92 Å². The first-order valence-corrected chi connectivity index (χ1v) is 11.8. The molecule has 2 aliphatic carbocycles. The fourth-order valence-electron chi connectivity index (χ4n) is 6.37. The standard InChI is InChI=1S/C26H29N3O3/c30-14-20-21-13-29-22(10-9-19(26(29)32)15-5-1-2-6-15)24(28-21)23(20)25(31)27-18-11-16-7-3-4-8-17(16)12-18/h3-5,7-10,18,20-21,23-24,28,30H,1-2,6,11-14H2,(H,27,31)/t20-,21-,23+,24+/m0/s1. The van der Waals surface area contributed by atoms with Crippen LogP contribution < -0.4 is 16.2 Å². The summed E-state index contributed by atoms with van der Waals surface area (Å²) in [6.45, 7) is 0.424. The predicted molar refractivity (Wildman–Crippen MR) is 122 cm³/mol. The Morgan fingerprint density at radius 2 is 1.94 bits per heavy atom. The lowest BCUT2D eigenvalue weighted by atomic mass is 9.86. The van der Waals surface area contributed by atoms with Gasteiger partial charge in [-0.15, -0.1) is 0 Å². The Morgan fingerprint density at radius 3 is 2.62 bits per heavy atom. The van der Waals surface area contributed by atoms with Gasteiger partial charge < -0.3 is 20.3 Å². The van der Waals surface area contributed by atoms with Crippen LogP contribution >= 0.6 is 0 Å². The van der Waals surface area contributed by atoms with Gasteiger partial charge in [-0.25, -0.2) is 0 Å². The lowest BCUT2D eigenvalue weighted by Crippen LogP contribution is -2.44. The molecular formula is C26H29N3O3. The molecule has 0 unspecified atom stereocenters. The smallest absolute Gasteiger partial charge is 0.258 e. The van der Waals surface area contributed by atoms with E-state index in [4.69, 9.17) is 0 Å². The Bertz CT molecular complexity index is 1140. The van der Waals surface area contributed by atoms with Crippen LogP contribution in [0.3, 0.4) is 0 Å². The molecule has 1 aromatic carbocycles. The summed E-state index contributed by atoms with van der Waals surface area (Å²) in [5, 5.41) is 17.0. The van der Waals surface area contributed by atoms with Crippen LogP contribution in [0, 0.1) is 11.8 Å². The van der Waals surface area contributed by atoms with Gasteiger partial charge in [-0.2, -0.15) is 0 Å². The van der Waals surface area contributed by atoms with E-state index in [1.165, 1.54) is 11.1 Å². The lowest BCUT2D eigenvalue weighted by Gasteiger charge is -2.28. The normalized spacial score (nSPS) is 28.3. The SMILES string of the molecule is O=C(NC1Cc2ccccc2C1)[C@@H]1[C@@H](CO)[C@@H]2Cn3c(ccc(C4=CCCC4)c3=O)[C@H]1N2. The zero-order valence-electron chi connectivity index (χ0n) is 18.1. The van der Waals surface area contributed by atoms with Crippen LogP contribution in [-0.4, -0.2) is 34.3 Å². The fourth-order valence-corrected chi connectivity index (χ4v) is 6.37. The molecule has 166 valence electrons. The van der Waals surface area contributed by atoms with E-state index in [1.54, 1.807) is 0 Å². The summed E-state index contributed by atoms with van der Waals surface area (Å²) in [6.07, 6.45) is 6.94. The Morgan fingerprint density at radius 1 is 1.16 bits per heavy atom. The predicted octanol–water partition coefficient (Wildman–Crippen LogP) is 1.95. The second kappa shape index (κ2) is 7.71. The molecule has 3 heterocycles. The molecule has 6 heteroatoms. The average molecular weight is 432 g/mol. The van der Waals surface area contributed by atoms with Crippen molar-refractivity contribution in [3.63, 3.8) is 0 Å². The molecule has 4 atom stereocenters. The molecule has 2 bridgehead atoms. The third kappa shape index (κ3) is 3.08. The molecule has 32 heavy (non-hydrogen) atoms. The fraction of sp³-hybridized carbons (Fsp3) is 0.462. The highest BCUT2D eigenvalue weighted by Crippen LogP contribution is 2.41. The van der Waals surface area contributed by atoms with Crippen molar-refractivity contribution in [2.75, 3.05) is 6.61 Å². The average Bonchev–Trinajstić information content (AvgIpc) is 3.52. The van der Waals surface area contributed by atoms with Crippen LogP contribution in [0.15, 0.2) is 47.3 Å². The number of pyridine rings is 1. The summed E-state index contributed by atoms with van der Waals surface area (Å²) >= 11 is 0. The Kier molecular flexibility index (Phi) is 4.81. The van der Waals surface area contributed by atoms with Crippen LogP contribution in [-0.2, 0) is 24.2 Å². The van der Waals surface area contributed by atoms with E-state index >= 15 is 0 Å². The largest absolute Gasteiger partial charge is 0.396 e. The number of aliphatic hydroxyl groups excluding tert-OH is 1. The minimum absolute atomic E-state index is 0.0228. The molecule has 2 aromatic rings. The van der Waals surface area contributed by atoms with E-state index in [0.29, 0.717) is 6.54 Å². The molecule has 1 amide bonds. The van der Waals surface area contributed by atoms with Gasteiger partial charge >= 0.3 is 0 Å². The molecule has 6 rings (SSSR count). The van der Waals surface area contributed by atoms with Gasteiger partial charge in [-0.05, 0) is 60.9 Å². The van der Waals surface area contributed by atoms with E-state index in [-0.39, 0.29) is 42.1 Å². The molecule has 2 aliphatic heterocycles. The molecule has 1 fully saturated rings. The molecular weight excluding hydrogens is 402 g/mol.